The number of carbonyl (C=O) groups is 2. The van der Waals surface area contributed by atoms with Crippen LogP contribution >= 0.6 is 12.4 Å². The predicted octanol–water partition coefficient (Wildman–Crippen LogP) is 2.44. The lowest BCUT2D eigenvalue weighted by Gasteiger charge is -2.28. The van der Waals surface area contributed by atoms with Crippen molar-refractivity contribution in [2.45, 2.75) is 57.3 Å². The van der Waals surface area contributed by atoms with E-state index < -0.39 is 36.6 Å². The Bertz CT molecular complexity index is 456. The summed E-state index contributed by atoms with van der Waals surface area (Å²) in [5.74, 6) is -5.22. The van der Waals surface area contributed by atoms with Gasteiger partial charge in [-0.15, -0.1) is 12.4 Å². The van der Waals surface area contributed by atoms with Crippen LogP contribution in [0.1, 0.15) is 39.0 Å². The first-order chi connectivity index (χ1) is 10.7. The maximum Gasteiger partial charge on any atom is 0.393 e. The highest BCUT2D eigenvalue weighted by atomic mass is 35.5. The number of alkyl halides is 3. The zero-order chi connectivity index (χ0) is 17.2. The van der Waals surface area contributed by atoms with Crippen LogP contribution < -0.4 is 5.32 Å². The largest absolute Gasteiger partial charge is 0.481 e. The van der Waals surface area contributed by atoms with E-state index in [1.165, 1.54) is 11.8 Å². The minimum absolute atomic E-state index is 0. The van der Waals surface area contributed by atoms with Crippen molar-refractivity contribution in [2.24, 2.45) is 11.8 Å². The number of aliphatic carboxylic acids is 1. The van der Waals surface area contributed by atoms with Crippen LogP contribution in [-0.2, 0) is 9.59 Å². The van der Waals surface area contributed by atoms with Crippen molar-refractivity contribution in [1.82, 2.24) is 10.2 Å². The van der Waals surface area contributed by atoms with E-state index in [1.54, 1.807) is 0 Å². The molecule has 1 saturated heterocycles. The molecule has 1 saturated carbocycles. The number of likely N-dealkylation sites (tertiary alicyclic amines) is 1. The number of hydrogen-bond donors (Lipinski definition) is 2. The lowest BCUT2D eigenvalue weighted by molar-refractivity contribution is -0.188. The number of carboxylic acids is 1. The molecule has 0 aromatic carbocycles. The van der Waals surface area contributed by atoms with E-state index in [0.29, 0.717) is 0 Å². The monoisotopic (exact) mass is 372 g/mol. The van der Waals surface area contributed by atoms with Crippen LogP contribution in [0.15, 0.2) is 0 Å². The number of rotatable bonds is 4. The maximum absolute atomic E-state index is 13.0. The minimum Gasteiger partial charge on any atom is -0.481 e. The lowest BCUT2D eigenvalue weighted by Crippen LogP contribution is -2.48. The molecule has 24 heavy (non-hydrogen) atoms. The highest BCUT2D eigenvalue weighted by molar-refractivity contribution is 5.85. The van der Waals surface area contributed by atoms with E-state index >= 15 is 0 Å². The molecule has 2 N–H and O–H groups in total. The first-order valence-corrected chi connectivity index (χ1v) is 8.04. The molecule has 140 valence electrons. The van der Waals surface area contributed by atoms with Gasteiger partial charge in [0.15, 0.2) is 0 Å². The first kappa shape index (κ1) is 21.0. The van der Waals surface area contributed by atoms with Crippen molar-refractivity contribution >= 4 is 24.3 Å². The highest BCUT2D eigenvalue weighted by Crippen LogP contribution is 2.38. The minimum atomic E-state index is -4.57. The molecular formula is C15H24ClF3N2O3. The molecule has 1 aliphatic heterocycles. The fourth-order valence-corrected chi connectivity index (χ4v) is 3.47. The molecule has 1 heterocycles. The van der Waals surface area contributed by atoms with Gasteiger partial charge in [-0.05, 0) is 19.8 Å². The van der Waals surface area contributed by atoms with E-state index in [-0.39, 0.29) is 30.9 Å². The van der Waals surface area contributed by atoms with Gasteiger partial charge in [-0.1, -0.05) is 19.3 Å². The van der Waals surface area contributed by atoms with E-state index in [4.69, 9.17) is 5.11 Å². The number of nitrogens with zero attached hydrogens (tertiary/aromatic N) is 1. The summed E-state index contributed by atoms with van der Waals surface area (Å²) in [6, 6.07) is -0.680. The summed E-state index contributed by atoms with van der Waals surface area (Å²) in [4.78, 5) is 24.7. The third-order valence-electron chi connectivity index (χ3n) is 4.96. The van der Waals surface area contributed by atoms with Crippen LogP contribution in [0.4, 0.5) is 13.2 Å². The van der Waals surface area contributed by atoms with Gasteiger partial charge in [0, 0.05) is 19.1 Å². The van der Waals surface area contributed by atoms with Gasteiger partial charge in [0.1, 0.15) is 0 Å². The van der Waals surface area contributed by atoms with Crippen molar-refractivity contribution in [2.75, 3.05) is 13.1 Å². The van der Waals surface area contributed by atoms with Gasteiger partial charge in [0.25, 0.3) is 0 Å². The molecule has 5 nitrogen and oxygen atoms in total. The fraction of sp³-hybridized carbons (Fsp3) is 0.867. The molecule has 0 radical (unpaired) electrons. The third-order valence-corrected chi connectivity index (χ3v) is 4.96. The number of carbonyl (C=O) groups excluding carboxylic acids is 1. The Kier molecular flexibility index (Phi) is 7.34. The van der Waals surface area contributed by atoms with Gasteiger partial charge in [-0.25, -0.2) is 0 Å². The number of carboxylic acid groups (broad SMARTS) is 1. The van der Waals surface area contributed by atoms with Crippen molar-refractivity contribution in [3.63, 3.8) is 0 Å². The molecule has 0 spiro atoms. The zero-order valence-corrected chi connectivity index (χ0v) is 14.3. The molecule has 2 fully saturated rings. The molecule has 3 atom stereocenters. The Labute approximate surface area is 145 Å². The molecule has 2 aliphatic rings. The van der Waals surface area contributed by atoms with Crippen molar-refractivity contribution in [3.05, 3.63) is 0 Å². The molecule has 1 aliphatic carbocycles. The Morgan fingerprint density at radius 2 is 1.75 bits per heavy atom. The van der Waals surface area contributed by atoms with Crippen LogP contribution in [0.25, 0.3) is 0 Å². The normalized spacial score (nSPS) is 27.3. The third kappa shape index (κ3) is 4.99. The van der Waals surface area contributed by atoms with Crippen LogP contribution in [0, 0.1) is 11.8 Å². The Hall–Kier alpha value is -1.02. The number of nitrogens with one attached hydrogen (secondary N) is 1. The Balaban J connectivity index is 0.00000288. The van der Waals surface area contributed by atoms with Crippen molar-refractivity contribution < 1.29 is 27.9 Å². The second-order valence-electron chi connectivity index (χ2n) is 6.57. The summed E-state index contributed by atoms with van der Waals surface area (Å²) in [5, 5.41) is 11.9. The van der Waals surface area contributed by atoms with Crippen molar-refractivity contribution in [3.8, 4) is 0 Å². The molecule has 0 aromatic heterocycles. The quantitative estimate of drug-likeness (QED) is 0.795. The van der Waals surface area contributed by atoms with E-state index in [0.717, 1.165) is 32.1 Å². The summed E-state index contributed by atoms with van der Waals surface area (Å²) in [7, 11) is 0. The van der Waals surface area contributed by atoms with E-state index in [1.807, 2.05) is 0 Å². The summed E-state index contributed by atoms with van der Waals surface area (Å²) in [5.41, 5.74) is 0. The van der Waals surface area contributed by atoms with Crippen LogP contribution in [0.2, 0.25) is 0 Å². The lowest BCUT2D eigenvalue weighted by atomic mass is 9.95. The number of hydrogen-bond acceptors (Lipinski definition) is 3. The van der Waals surface area contributed by atoms with Crippen LogP contribution in [0.3, 0.4) is 0 Å². The molecule has 0 bridgehead atoms. The fourth-order valence-electron chi connectivity index (χ4n) is 3.47. The van der Waals surface area contributed by atoms with Crippen LogP contribution in [0.5, 0.6) is 0 Å². The number of halogens is 4. The highest BCUT2D eigenvalue weighted by Gasteiger charge is 2.53. The molecule has 0 aromatic rings. The second-order valence-corrected chi connectivity index (χ2v) is 6.57. The Morgan fingerprint density at radius 3 is 2.21 bits per heavy atom. The van der Waals surface area contributed by atoms with Gasteiger partial charge in [0.05, 0.1) is 17.9 Å². The SMILES string of the molecule is CC(C(=O)NC1CCCCC1)N1C[C@@H](C(F)(F)F)[C@H](C(=O)O)C1.Cl. The number of amides is 1. The maximum atomic E-state index is 13.0. The van der Waals surface area contributed by atoms with Gasteiger partial charge >= 0.3 is 12.1 Å². The summed E-state index contributed by atoms with van der Waals surface area (Å²) in [6.45, 7) is 0.842. The zero-order valence-electron chi connectivity index (χ0n) is 13.5. The Morgan fingerprint density at radius 1 is 1.17 bits per heavy atom. The molecule has 1 amide bonds. The molecule has 2 rings (SSSR count). The standard InChI is InChI=1S/C15H23F3N2O3.ClH/c1-9(13(21)19-10-5-3-2-4-6-10)20-7-11(14(22)23)12(8-20)15(16,17)18;/h9-12H,2-8H2,1H3,(H,19,21)(H,22,23);1H/t9?,11-,12-;/m1./s1. The summed E-state index contributed by atoms with van der Waals surface area (Å²) < 4.78 is 39.0. The smallest absolute Gasteiger partial charge is 0.393 e. The average Bonchev–Trinajstić information content (AvgIpc) is 2.93. The van der Waals surface area contributed by atoms with Gasteiger partial charge in [-0.2, -0.15) is 13.2 Å². The van der Waals surface area contributed by atoms with E-state index in [2.05, 4.69) is 5.32 Å². The predicted molar refractivity (Wildman–Crippen MR) is 84.0 cm³/mol. The van der Waals surface area contributed by atoms with Gasteiger partial charge < -0.3 is 10.4 Å². The van der Waals surface area contributed by atoms with Crippen molar-refractivity contribution in [1.29, 1.82) is 0 Å². The summed E-state index contributed by atoms with van der Waals surface area (Å²) in [6.07, 6.45) is 0.433. The average molecular weight is 373 g/mol. The molecule has 9 heteroatoms. The summed E-state index contributed by atoms with van der Waals surface area (Å²) >= 11 is 0. The topological polar surface area (TPSA) is 69.6 Å². The van der Waals surface area contributed by atoms with E-state index in [9.17, 15) is 22.8 Å². The van der Waals surface area contributed by atoms with Gasteiger partial charge in [-0.3, -0.25) is 14.5 Å². The molecular weight excluding hydrogens is 349 g/mol. The van der Waals surface area contributed by atoms with Gasteiger partial charge in [0.2, 0.25) is 5.91 Å². The van der Waals surface area contributed by atoms with Crippen LogP contribution in [-0.4, -0.2) is 53.2 Å². The second kappa shape index (κ2) is 8.38. The first-order valence-electron chi connectivity index (χ1n) is 8.04. The molecule has 1 unspecified atom stereocenters.